The molecule has 0 aromatic carbocycles. The molecule has 1 aromatic rings. The molecule has 98 valence electrons. The molecule has 6 nitrogen and oxygen atoms in total. The molecule has 2 rings (SSSR count). The van der Waals surface area contributed by atoms with Crippen molar-refractivity contribution in [1.29, 1.82) is 0 Å². The predicted molar refractivity (Wildman–Crippen MR) is 64.4 cm³/mol. The SMILES string of the molecule is CC(C)(C)OC(=O)n1cc(C(N)=O)c(C2CC2)n1. The largest absolute Gasteiger partial charge is 0.442 e. The molecule has 1 aromatic heterocycles. The molecule has 0 atom stereocenters. The third-order valence-electron chi connectivity index (χ3n) is 2.55. The lowest BCUT2D eigenvalue weighted by molar-refractivity contribution is 0.0514. The van der Waals surface area contributed by atoms with Crippen molar-refractivity contribution in [2.75, 3.05) is 0 Å². The van der Waals surface area contributed by atoms with Crippen molar-refractivity contribution in [2.45, 2.75) is 45.1 Å². The van der Waals surface area contributed by atoms with E-state index in [9.17, 15) is 9.59 Å². The Kier molecular flexibility index (Phi) is 2.88. The van der Waals surface area contributed by atoms with Crippen molar-refractivity contribution in [3.05, 3.63) is 17.5 Å². The van der Waals surface area contributed by atoms with Crippen molar-refractivity contribution < 1.29 is 14.3 Å². The summed E-state index contributed by atoms with van der Waals surface area (Å²) in [7, 11) is 0. The van der Waals surface area contributed by atoms with Gasteiger partial charge >= 0.3 is 6.09 Å². The minimum Gasteiger partial charge on any atom is -0.442 e. The molecule has 6 heteroatoms. The number of nitrogens with two attached hydrogens (primary N) is 1. The van der Waals surface area contributed by atoms with E-state index in [1.54, 1.807) is 20.8 Å². The maximum Gasteiger partial charge on any atom is 0.435 e. The van der Waals surface area contributed by atoms with Crippen LogP contribution in [0.1, 0.15) is 55.6 Å². The molecule has 1 fully saturated rings. The Morgan fingerprint density at radius 2 is 2.06 bits per heavy atom. The monoisotopic (exact) mass is 251 g/mol. The number of primary amides is 1. The zero-order chi connectivity index (χ0) is 13.5. The first-order valence-electron chi connectivity index (χ1n) is 5.90. The summed E-state index contributed by atoms with van der Waals surface area (Å²) in [4.78, 5) is 23.1. The predicted octanol–water partition coefficient (Wildman–Crippen LogP) is 1.64. The van der Waals surface area contributed by atoms with E-state index in [0.29, 0.717) is 11.3 Å². The summed E-state index contributed by atoms with van der Waals surface area (Å²) in [6, 6.07) is 0. The minimum absolute atomic E-state index is 0.246. The fourth-order valence-electron chi connectivity index (χ4n) is 1.64. The molecule has 1 saturated carbocycles. The number of nitrogens with zero attached hydrogens (tertiary/aromatic N) is 2. The number of carbonyl (C=O) groups excluding carboxylic acids is 2. The molecule has 1 amide bonds. The van der Waals surface area contributed by atoms with Crippen LogP contribution in [0.5, 0.6) is 0 Å². The lowest BCUT2D eigenvalue weighted by Gasteiger charge is -2.18. The Morgan fingerprint density at radius 3 is 2.50 bits per heavy atom. The second-order valence-corrected chi connectivity index (χ2v) is 5.49. The highest BCUT2D eigenvalue weighted by Gasteiger charge is 2.32. The van der Waals surface area contributed by atoms with E-state index in [2.05, 4.69) is 5.10 Å². The highest BCUT2D eigenvalue weighted by Crippen LogP contribution is 2.40. The molecule has 18 heavy (non-hydrogen) atoms. The van der Waals surface area contributed by atoms with Crippen LogP contribution in [0, 0.1) is 0 Å². The Hall–Kier alpha value is -1.85. The van der Waals surface area contributed by atoms with Gasteiger partial charge in [-0.25, -0.2) is 4.79 Å². The Balaban J connectivity index is 2.26. The summed E-state index contributed by atoms with van der Waals surface area (Å²) in [5.41, 5.74) is 5.59. The normalized spacial score (nSPS) is 15.5. The van der Waals surface area contributed by atoms with Gasteiger partial charge in [0.2, 0.25) is 0 Å². The number of aromatic nitrogens is 2. The first-order chi connectivity index (χ1) is 8.28. The van der Waals surface area contributed by atoms with Crippen LogP contribution in [-0.4, -0.2) is 27.4 Å². The number of amides is 1. The summed E-state index contributed by atoms with van der Waals surface area (Å²) in [5.74, 6) is -0.317. The van der Waals surface area contributed by atoms with Gasteiger partial charge in [0.1, 0.15) is 5.60 Å². The van der Waals surface area contributed by atoms with Gasteiger partial charge in [0.15, 0.2) is 0 Å². The second-order valence-electron chi connectivity index (χ2n) is 5.49. The van der Waals surface area contributed by atoms with Gasteiger partial charge in [0, 0.05) is 5.92 Å². The molecule has 1 aliphatic carbocycles. The average Bonchev–Trinajstić information content (AvgIpc) is 2.94. The van der Waals surface area contributed by atoms with Crippen LogP contribution >= 0.6 is 0 Å². The van der Waals surface area contributed by atoms with E-state index in [1.165, 1.54) is 6.20 Å². The lowest BCUT2D eigenvalue weighted by atomic mass is 10.2. The number of ether oxygens (including phenoxy) is 1. The fourth-order valence-corrected chi connectivity index (χ4v) is 1.64. The van der Waals surface area contributed by atoms with Gasteiger partial charge in [0.25, 0.3) is 5.91 Å². The van der Waals surface area contributed by atoms with Crippen LogP contribution in [0.25, 0.3) is 0 Å². The van der Waals surface area contributed by atoms with E-state index in [1.807, 2.05) is 0 Å². The molecule has 2 N–H and O–H groups in total. The van der Waals surface area contributed by atoms with Crippen LogP contribution in [0.3, 0.4) is 0 Å². The average molecular weight is 251 g/mol. The zero-order valence-electron chi connectivity index (χ0n) is 10.8. The second kappa shape index (κ2) is 4.12. The topological polar surface area (TPSA) is 87.2 Å². The summed E-state index contributed by atoms with van der Waals surface area (Å²) < 4.78 is 6.24. The van der Waals surface area contributed by atoms with Gasteiger partial charge in [-0.3, -0.25) is 4.79 Å². The van der Waals surface area contributed by atoms with E-state index in [0.717, 1.165) is 17.5 Å². The fraction of sp³-hybridized carbons (Fsp3) is 0.583. The third kappa shape index (κ3) is 2.69. The highest BCUT2D eigenvalue weighted by molar-refractivity contribution is 5.94. The molecule has 0 spiro atoms. The maximum absolute atomic E-state index is 11.8. The number of carbonyl (C=O) groups is 2. The number of hydrogen-bond acceptors (Lipinski definition) is 4. The van der Waals surface area contributed by atoms with Gasteiger partial charge in [-0.1, -0.05) is 0 Å². The first kappa shape index (κ1) is 12.6. The van der Waals surface area contributed by atoms with E-state index >= 15 is 0 Å². The molecule has 0 saturated heterocycles. The van der Waals surface area contributed by atoms with Crippen molar-refractivity contribution in [3.63, 3.8) is 0 Å². The summed E-state index contributed by atoms with van der Waals surface area (Å²) in [6.07, 6.45) is 2.71. The molecule has 1 aliphatic rings. The van der Waals surface area contributed by atoms with Gasteiger partial charge in [0.05, 0.1) is 17.5 Å². The molecule has 0 unspecified atom stereocenters. The van der Waals surface area contributed by atoms with Crippen LogP contribution in [0.2, 0.25) is 0 Å². The Morgan fingerprint density at radius 1 is 1.44 bits per heavy atom. The molecular weight excluding hydrogens is 234 g/mol. The zero-order valence-corrected chi connectivity index (χ0v) is 10.8. The van der Waals surface area contributed by atoms with Gasteiger partial charge in [-0.05, 0) is 33.6 Å². The van der Waals surface area contributed by atoms with Crippen LogP contribution in [0.4, 0.5) is 4.79 Å². The molecule has 0 aliphatic heterocycles. The quantitative estimate of drug-likeness (QED) is 0.865. The van der Waals surface area contributed by atoms with Crippen molar-refractivity contribution in [2.24, 2.45) is 5.73 Å². The smallest absolute Gasteiger partial charge is 0.435 e. The van der Waals surface area contributed by atoms with Crippen LogP contribution in [0.15, 0.2) is 6.20 Å². The van der Waals surface area contributed by atoms with Crippen molar-refractivity contribution in [1.82, 2.24) is 9.78 Å². The number of hydrogen-bond donors (Lipinski definition) is 1. The van der Waals surface area contributed by atoms with Gasteiger partial charge in [-0.15, -0.1) is 0 Å². The minimum atomic E-state index is -0.602. The third-order valence-corrected chi connectivity index (χ3v) is 2.55. The standard InChI is InChI=1S/C12H17N3O3/c1-12(2,3)18-11(17)15-6-8(10(13)16)9(14-15)7-4-5-7/h6-7H,4-5H2,1-3H3,(H2,13,16). The lowest BCUT2D eigenvalue weighted by Crippen LogP contribution is -2.27. The number of rotatable bonds is 2. The molecule has 0 radical (unpaired) electrons. The first-order valence-corrected chi connectivity index (χ1v) is 5.90. The van der Waals surface area contributed by atoms with E-state index < -0.39 is 17.6 Å². The van der Waals surface area contributed by atoms with E-state index in [4.69, 9.17) is 10.5 Å². The highest BCUT2D eigenvalue weighted by atomic mass is 16.6. The van der Waals surface area contributed by atoms with Gasteiger partial charge < -0.3 is 10.5 Å². The van der Waals surface area contributed by atoms with Crippen molar-refractivity contribution in [3.8, 4) is 0 Å². The molecule has 0 bridgehead atoms. The van der Waals surface area contributed by atoms with Crippen molar-refractivity contribution >= 4 is 12.0 Å². The Bertz CT molecular complexity index is 495. The van der Waals surface area contributed by atoms with Crippen LogP contribution < -0.4 is 5.73 Å². The van der Waals surface area contributed by atoms with Crippen LogP contribution in [-0.2, 0) is 4.74 Å². The Labute approximate surface area is 105 Å². The van der Waals surface area contributed by atoms with Gasteiger partial charge in [-0.2, -0.15) is 9.78 Å². The molecule has 1 heterocycles. The summed E-state index contributed by atoms with van der Waals surface area (Å²) >= 11 is 0. The maximum atomic E-state index is 11.8. The van der Waals surface area contributed by atoms with E-state index in [-0.39, 0.29) is 5.92 Å². The summed E-state index contributed by atoms with van der Waals surface area (Å²) in [5, 5.41) is 4.12. The molecular formula is C12H17N3O3. The summed E-state index contributed by atoms with van der Waals surface area (Å²) in [6.45, 7) is 5.31.